The molecule has 3 nitrogen and oxygen atoms in total. The molecule has 0 radical (unpaired) electrons. The Labute approximate surface area is 80.5 Å². The highest BCUT2D eigenvalue weighted by Crippen LogP contribution is 2.22. The Morgan fingerprint density at radius 2 is 1.13 bits per heavy atom. The molecule has 0 atom stereocenters. The summed E-state index contributed by atoms with van der Waals surface area (Å²) in [5.41, 5.74) is -1.09. The summed E-state index contributed by atoms with van der Waals surface area (Å²) in [5.74, 6) is -5.65. The Morgan fingerprint density at radius 1 is 0.800 bits per heavy atom. The second-order valence-corrected chi connectivity index (χ2v) is 2.36. The van der Waals surface area contributed by atoms with Gasteiger partial charge in [-0.1, -0.05) is 0 Å². The molecule has 0 aliphatic heterocycles. The molecule has 1 aromatic rings. The van der Waals surface area contributed by atoms with E-state index in [2.05, 4.69) is 10.7 Å². The van der Waals surface area contributed by atoms with Crippen molar-refractivity contribution in [1.29, 1.82) is 0 Å². The van der Waals surface area contributed by atoms with Crippen molar-refractivity contribution < 1.29 is 32.3 Å². The van der Waals surface area contributed by atoms with Crippen LogP contribution in [0.3, 0.4) is 0 Å². The standard InChI is InChI=1S/C7H4F5NO.H2O/c8-3-2(1-14-13)4(9)6(11)7(12)5(3)10;/h1,13H2;1H2. The first-order valence-corrected chi connectivity index (χ1v) is 3.32. The lowest BCUT2D eigenvalue weighted by molar-refractivity contribution is 0.117. The van der Waals surface area contributed by atoms with Crippen LogP contribution in [-0.4, -0.2) is 5.48 Å². The first kappa shape index (κ1) is 13.8. The molecule has 1 aromatic carbocycles. The monoisotopic (exact) mass is 231 g/mol. The third-order valence-corrected chi connectivity index (χ3v) is 1.53. The van der Waals surface area contributed by atoms with Crippen LogP contribution in [0.25, 0.3) is 0 Å². The molecule has 8 heteroatoms. The van der Waals surface area contributed by atoms with Gasteiger partial charge in [-0.05, 0) is 0 Å². The Bertz CT molecular complexity index is 342. The van der Waals surface area contributed by atoms with Gasteiger partial charge >= 0.3 is 0 Å². The van der Waals surface area contributed by atoms with Crippen molar-refractivity contribution in [2.75, 3.05) is 0 Å². The van der Waals surface area contributed by atoms with Crippen LogP contribution in [0.1, 0.15) is 5.56 Å². The minimum atomic E-state index is -2.21. The molecule has 86 valence electrons. The molecule has 0 fully saturated rings. The fourth-order valence-corrected chi connectivity index (χ4v) is 0.860. The van der Waals surface area contributed by atoms with Crippen LogP contribution < -0.4 is 5.90 Å². The van der Waals surface area contributed by atoms with Gasteiger partial charge in [0.25, 0.3) is 0 Å². The van der Waals surface area contributed by atoms with Crippen molar-refractivity contribution in [2.24, 2.45) is 5.90 Å². The summed E-state index contributed by atoms with van der Waals surface area (Å²) in [7, 11) is 0. The molecule has 0 aliphatic carbocycles. The molecular weight excluding hydrogens is 225 g/mol. The number of hydrogen-bond donors (Lipinski definition) is 1. The first-order chi connectivity index (χ1) is 6.50. The van der Waals surface area contributed by atoms with Gasteiger partial charge in [-0.3, -0.25) is 4.84 Å². The molecule has 0 aliphatic rings. The summed E-state index contributed by atoms with van der Waals surface area (Å²) in [4.78, 5) is 3.80. The van der Waals surface area contributed by atoms with E-state index in [1.165, 1.54) is 0 Å². The molecule has 1 rings (SSSR count). The fourth-order valence-electron chi connectivity index (χ4n) is 0.860. The number of hydrogen-bond acceptors (Lipinski definition) is 2. The number of halogens is 5. The predicted molar refractivity (Wildman–Crippen MR) is 38.8 cm³/mol. The second-order valence-electron chi connectivity index (χ2n) is 2.36. The molecule has 0 heterocycles. The number of nitrogens with two attached hydrogens (primary N) is 1. The second kappa shape index (κ2) is 5.01. The molecule has 0 saturated carbocycles. The molecule has 15 heavy (non-hydrogen) atoms. The van der Waals surface area contributed by atoms with E-state index in [1.807, 2.05) is 0 Å². The van der Waals surface area contributed by atoms with E-state index in [0.717, 1.165) is 0 Å². The largest absolute Gasteiger partial charge is 0.412 e. The Kier molecular flexibility index (Phi) is 4.59. The van der Waals surface area contributed by atoms with Gasteiger partial charge < -0.3 is 5.48 Å². The predicted octanol–water partition coefficient (Wildman–Crippen LogP) is 0.948. The summed E-state index contributed by atoms with van der Waals surface area (Å²) in [6.07, 6.45) is 0. The van der Waals surface area contributed by atoms with E-state index < -0.39 is 41.3 Å². The van der Waals surface area contributed by atoms with Gasteiger partial charge in [0.15, 0.2) is 23.3 Å². The summed E-state index contributed by atoms with van der Waals surface area (Å²) < 4.78 is 62.8. The molecule has 4 N–H and O–H groups in total. The van der Waals surface area contributed by atoms with Gasteiger partial charge in [-0.2, -0.15) is 0 Å². The molecule has 0 unspecified atom stereocenters. The zero-order valence-electron chi connectivity index (χ0n) is 7.08. The zero-order chi connectivity index (χ0) is 10.9. The van der Waals surface area contributed by atoms with Crippen molar-refractivity contribution in [3.63, 3.8) is 0 Å². The van der Waals surface area contributed by atoms with Gasteiger partial charge in [0.05, 0.1) is 12.2 Å². The van der Waals surface area contributed by atoms with E-state index >= 15 is 0 Å². The quantitative estimate of drug-likeness (QED) is 0.356. The SMILES string of the molecule is NOCc1c(F)c(F)c(F)c(F)c1F.O. The summed E-state index contributed by atoms with van der Waals surface area (Å²) in [6, 6.07) is 0. The Hall–Kier alpha value is -1.25. The molecule has 0 saturated heterocycles. The molecule has 0 aromatic heterocycles. The van der Waals surface area contributed by atoms with Gasteiger partial charge in [0.2, 0.25) is 5.82 Å². The van der Waals surface area contributed by atoms with Crippen LogP contribution in [0.2, 0.25) is 0 Å². The topological polar surface area (TPSA) is 66.8 Å². The Morgan fingerprint density at radius 3 is 1.47 bits per heavy atom. The van der Waals surface area contributed by atoms with Crippen molar-refractivity contribution in [3.05, 3.63) is 34.6 Å². The smallest absolute Gasteiger partial charge is 0.200 e. The molecule has 0 bridgehead atoms. The maximum atomic E-state index is 12.7. The highest BCUT2D eigenvalue weighted by molar-refractivity contribution is 5.23. The minimum Gasteiger partial charge on any atom is -0.412 e. The van der Waals surface area contributed by atoms with Gasteiger partial charge in [-0.25, -0.2) is 27.8 Å². The maximum Gasteiger partial charge on any atom is 0.200 e. The molecule has 0 spiro atoms. The van der Waals surface area contributed by atoms with Gasteiger partial charge in [0, 0.05) is 0 Å². The lowest BCUT2D eigenvalue weighted by Crippen LogP contribution is -2.10. The van der Waals surface area contributed by atoms with Crippen molar-refractivity contribution in [3.8, 4) is 0 Å². The van der Waals surface area contributed by atoms with Gasteiger partial charge in [0.1, 0.15) is 0 Å². The summed E-state index contributed by atoms with van der Waals surface area (Å²) in [6.45, 7) is -0.897. The first-order valence-electron chi connectivity index (χ1n) is 3.32. The van der Waals surface area contributed by atoms with E-state index in [1.54, 1.807) is 0 Å². The molecular formula is C7H6F5NO2. The van der Waals surface area contributed by atoms with Crippen LogP contribution in [0.15, 0.2) is 0 Å². The average Bonchev–Trinajstić information content (AvgIpc) is 2.19. The third kappa shape index (κ3) is 2.22. The van der Waals surface area contributed by atoms with Crippen molar-refractivity contribution in [2.45, 2.75) is 6.61 Å². The lowest BCUT2D eigenvalue weighted by atomic mass is 10.2. The summed E-state index contributed by atoms with van der Waals surface area (Å²) in [5, 5.41) is 0. The maximum absolute atomic E-state index is 12.7. The highest BCUT2D eigenvalue weighted by atomic mass is 19.2. The zero-order valence-corrected chi connectivity index (χ0v) is 7.08. The number of benzene rings is 1. The van der Waals surface area contributed by atoms with Crippen LogP contribution >= 0.6 is 0 Å². The lowest BCUT2D eigenvalue weighted by Gasteiger charge is -2.06. The average molecular weight is 231 g/mol. The van der Waals surface area contributed by atoms with Crippen LogP contribution in [0.4, 0.5) is 22.0 Å². The van der Waals surface area contributed by atoms with Gasteiger partial charge in [-0.15, -0.1) is 0 Å². The fraction of sp³-hybridized carbons (Fsp3) is 0.143. The van der Waals surface area contributed by atoms with E-state index in [9.17, 15) is 22.0 Å². The minimum absolute atomic E-state index is 0. The van der Waals surface area contributed by atoms with E-state index in [4.69, 9.17) is 0 Å². The third-order valence-electron chi connectivity index (χ3n) is 1.53. The Balaban J connectivity index is 0.00000196. The molecule has 0 amide bonds. The number of rotatable bonds is 2. The van der Waals surface area contributed by atoms with Crippen LogP contribution in [0.5, 0.6) is 0 Å². The van der Waals surface area contributed by atoms with Crippen molar-refractivity contribution in [1.82, 2.24) is 0 Å². The van der Waals surface area contributed by atoms with E-state index in [0.29, 0.717) is 0 Å². The van der Waals surface area contributed by atoms with Crippen LogP contribution in [-0.2, 0) is 11.4 Å². The summed E-state index contributed by atoms with van der Waals surface area (Å²) >= 11 is 0. The van der Waals surface area contributed by atoms with Crippen LogP contribution in [0, 0.1) is 29.1 Å². The van der Waals surface area contributed by atoms with Crippen molar-refractivity contribution >= 4 is 0 Å². The van der Waals surface area contributed by atoms with E-state index in [-0.39, 0.29) is 5.48 Å². The highest BCUT2D eigenvalue weighted by Gasteiger charge is 2.25. The normalized spacial score (nSPS) is 10.0.